The molecule has 0 heterocycles. The topological polar surface area (TPSA) is 27.7 Å². The summed E-state index contributed by atoms with van der Waals surface area (Å²) in [4.78, 5) is 0. The van der Waals surface area contributed by atoms with Crippen LogP contribution in [0.4, 0.5) is 0 Å². The van der Waals surface area contributed by atoms with E-state index in [-0.39, 0.29) is 0 Å². The van der Waals surface area contributed by atoms with Gasteiger partial charge in [0.25, 0.3) is 0 Å². The van der Waals surface area contributed by atoms with Gasteiger partial charge in [-0.05, 0) is 0 Å². The van der Waals surface area contributed by atoms with E-state index in [1.807, 2.05) is 0 Å². The summed E-state index contributed by atoms with van der Waals surface area (Å²) in [6.07, 6.45) is 18.7. The van der Waals surface area contributed by atoms with Gasteiger partial charge in [-0.2, -0.15) is 0 Å². The Kier molecular flexibility index (Phi) is 21.8. The molecular weight excluding hydrogens is 372 g/mol. The fraction of sp³-hybridized carbons (Fsp3) is 1.00. The van der Waals surface area contributed by atoms with E-state index >= 15 is 0 Å². The summed E-state index contributed by atoms with van der Waals surface area (Å²) in [5.74, 6) is 0. The molecule has 0 spiro atoms. The molecule has 0 rings (SSSR count). The quantitative estimate of drug-likeness (QED) is 0.130. The maximum atomic E-state index is 6.46. The summed E-state index contributed by atoms with van der Waals surface area (Å²) >= 11 is -3.11. The van der Waals surface area contributed by atoms with Gasteiger partial charge in [-0.25, -0.2) is 0 Å². The maximum absolute atomic E-state index is 6.46. The van der Waals surface area contributed by atoms with E-state index in [0.29, 0.717) is 0 Å². The van der Waals surface area contributed by atoms with Crippen molar-refractivity contribution in [3.05, 3.63) is 0 Å². The molecule has 0 unspecified atom stereocenters. The number of hydrogen-bond donors (Lipinski definition) is 0. The minimum atomic E-state index is -3.11. The van der Waals surface area contributed by atoms with E-state index in [2.05, 4.69) is 27.7 Å². The van der Waals surface area contributed by atoms with Crippen LogP contribution in [0.25, 0.3) is 0 Å². The van der Waals surface area contributed by atoms with Gasteiger partial charge in [0.05, 0.1) is 0 Å². The van der Waals surface area contributed by atoms with Crippen LogP contribution < -0.4 is 0 Å². The van der Waals surface area contributed by atoms with Crippen molar-refractivity contribution >= 4 is 0 Å². The minimum absolute atomic E-state index is 0.825. The molecule has 0 aliphatic carbocycles. The summed E-state index contributed by atoms with van der Waals surface area (Å²) in [6, 6.07) is 0. The van der Waals surface area contributed by atoms with Crippen molar-refractivity contribution in [2.24, 2.45) is 0 Å². The van der Waals surface area contributed by atoms with Gasteiger partial charge in [0, 0.05) is 0 Å². The standard InChI is InChI=1S/C8H17.3C5H11O.Ti/c1-3-5-7-8-6-4-2;3*1-2-3-4-5-6;/h1,3-8H2,2H3;3*2-5H2,1H3;/q;3*-1;+3. The molecular formula is C23H50O3Ti. The number of hydrogen-bond acceptors (Lipinski definition) is 3. The second-order valence-electron chi connectivity index (χ2n) is 7.87. The van der Waals surface area contributed by atoms with Gasteiger partial charge in [-0.1, -0.05) is 0 Å². The monoisotopic (exact) mass is 422 g/mol. The van der Waals surface area contributed by atoms with E-state index < -0.39 is 17.8 Å². The Labute approximate surface area is 176 Å². The Balaban J connectivity index is 4.61. The van der Waals surface area contributed by atoms with E-state index in [1.54, 1.807) is 0 Å². The molecule has 164 valence electrons. The van der Waals surface area contributed by atoms with Crippen molar-refractivity contribution in [3.63, 3.8) is 0 Å². The summed E-state index contributed by atoms with van der Waals surface area (Å²) < 4.78 is 20.4. The van der Waals surface area contributed by atoms with Gasteiger partial charge >= 0.3 is 176 Å². The Morgan fingerprint density at radius 3 is 1.15 bits per heavy atom. The third-order valence-electron chi connectivity index (χ3n) is 5.05. The first-order valence-corrected chi connectivity index (χ1v) is 15.2. The van der Waals surface area contributed by atoms with Gasteiger partial charge < -0.3 is 0 Å². The molecule has 4 heteroatoms. The van der Waals surface area contributed by atoms with Gasteiger partial charge in [0.15, 0.2) is 0 Å². The fourth-order valence-corrected chi connectivity index (χ4v) is 7.47. The fourth-order valence-electron chi connectivity index (χ4n) is 3.20. The van der Waals surface area contributed by atoms with Crippen molar-refractivity contribution < 1.29 is 27.7 Å². The van der Waals surface area contributed by atoms with Crippen LogP contribution in [0, 0.1) is 0 Å². The molecule has 0 saturated heterocycles. The number of unbranched alkanes of at least 4 members (excludes halogenated alkanes) is 11. The molecule has 3 nitrogen and oxygen atoms in total. The number of rotatable bonds is 22. The zero-order valence-electron chi connectivity index (χ0n) is 19.2. The van der Waals surface area contributed by atoms with Gasteiger partial charge in [0.2, 0.25) is 0 Å². The Morgan fingerprint density at radius 2 is 0.741 bits per heavy atom. The van der Waals surface area contributed by atoms with E-state index in [1.165, 1.54) is 77.0 Å². The first kappa shape index (κ1) is 27.6. The van der Waals surface area contributed by atoms with E-state index in [0.717, 1.165) is 43.8 Å². The van der Waals surface area contributed by atoms with Crippen LogP contribution in [-0.2, 0) is 27.7 Å². The van der Waals surface area contributed by atoms with Crippen LogP contribution in [0.1, 0.15) is 124 Å². The van der Waals surface area contributed by atoms with Crippen LogP contribution >= 0.6 is 0 Å². The normalized spacial score (nSPS) is 12.0. The van der Waals surface area contributed by atoms with E-state index in [9.17, 15) is 0 Å². The summed E-state index contributed by atoms with van der Waals surface area (Å²) in [5.41, 5.74) is 0. The molecule has 0 fully saturated rings. The summed E-state index contributed by atoms with van der Waals surface area (Å²) in [5, 5.41) is 0. The predicted molar refractivity (Wildman–Crippen MR) is 115 cm³/mol. The van der Waals surface area contributed by atoms with Crippen molar-refractivity contribution in [1.82, 2.24) is 0 Å². The second kappa shape index (κ2) is 21.3. The van der Waals surface area contributed by atoms with Crippen LogP contribution in [-0.4, -0.2) is 19.8 Å². The molecule has 27 heavy (non-hydrogen) atoms. The van der Waals surface area contributed by atoms with Crippen molar-refractivity contribution in [2.45, 2.75) is 129 Å². The molecule has 0 atom stereocenters. The Hall–Kier alpha value is 0.594. The third kappa shape index (κ3) is 17.2. The van der Waals surface area contributed by atoms with Crippen molar-refractivity contribution in [1.29, 1.82) is 0 Å². The molecule has 0 aromatic carbocycles. The summed E-state index contributed by atoms with van der Waals surface area (Å²) in [6.45, 7) is 11.5. The molecule has 0 radical (unpaired) electrons. The molecule has 0 aromatic heterocycles. The van der Waals surface area contributed by atoms with Crippen molar-refractivity contribution in [3.8, 4) is 0 Å². The Bertz CT molecular complexity index is 256. The first-order valence-electron chi connectivity index (χ1n) is 12.2. The third-order valence-corrected chi connectivity index (χ3v) is 9.57. The molecule has 0 N–H and O–H groups in total. The van der Waals surface area contributed by atoms with Crippen LogP contribution in [0.2, 0.25) is 4.73 Å². The molecule has 0 bridgehead atoms. The predicted octanol–water partition coefficient (Wildman–Crippen LogP) is 8.28. The van der Waals surface area contributed by atoms with Gasteiger partial charge in [-0.15, -0.1) is 0 Å². The molecule has 0 aliphatic heterocycles. The average Bonchev–Trinajstić information content (AvgIpc) is 2.68. The van der Waals surface area contributed by atoms with E-state index in [4.69, 9.17) is 9.96 Å². The zero-order chi connectivity index (χ0) is 20.1. The van der Waals surface area contributed by atoms with Crippen LogP contribution in [0.3, 0.4) is 0 Å². The molecule has 0 aromatic rings. The first-order chi connectivity index (χ1) is 13.2. The van der Waals surface area contributed by atoms with Crippen LogP contribution in [0.15, 0.2) is 0 Å². The van der Waals surface area contributed by atoms with Gasteiger partial charge in [-0.3, -0.25) is 0 Å². The molecule has 0 amide bonds. The molecule has 0 saturated carbocycles. The Morgan fingerprint density at radius 1 is 0.407 bits per heavy atom. The molecule has 0 aliphatic rings. The van der Waals surface area contributed by atoms with Crippen molar-refractivity contribution in [2.75, 3.05) is 19.8 Å². The average molecular weight is 423 g/mol. The summed E-state index contributed by atoms with van der Waals surface area (Å²) in [7, 11) is 0. The SMILES string of the molecule is CCCCCCC[CH2][Ti]([O]CCCCC)([O]CCCCC)[O]CCCCC. The second-order valence-corrected chi connectivity index (χ2v) is 12.1. The zero-order valence-corrected chi connectivity index (χ0v) is 20.7. The van der Waals surface area contributed by atoms with Gasteiger partial charge in [0.1, 0.15) is 0 Å². The van der Waals surface area contributed by atoms with Crippen LogP contribution in [0.5, 0.6) is 0 Å².